The van der Waals surface area contributed by atoms with Crippen molar-refractivity contribution in [2.45, 2.75) is 154 Å². The summed E-state index contributed by atoms with van der Waals surface area (Å²) in [4.78, 5) is 0. The number of allylic oxidation sites excluding steroid dienone is 6. The maximum atomic E-state index is 2.61. The summed E-state index contributed by atoms with van der Waals surface area (Å²) in [6.07, 6.45) is 42.2. The molecular weight excluding hydrogens is 480 g/mol. The van der Waals surface area contributed by atoms with Crippen molar-refractivity contribution in [3.8, 4) is 0 Å². The Hall–Kier alpha value is -1.56. The highest BCUT2D eigenvalue weighted by Crippen LogP contribution is 2.42. The van der Waals surface area contributed by atoms with Gasteiger partial charge in [0.25, 0.3) is 0 Å². The van der Waals surface area contributed by atoms with Crippen molar-refractivity contribution in [3.05, 3.63) is 71.8 Å². The molecule has 0 spiro atoms. The number of hydrogen-bond acceptors (Lipinski definition) is 0. The number of benzene rings is 1. The molecule has 0 N–H and O–H groups in total. The van der Waals surface area contributed by atoms with Gasteiger partial charge in [0.05, 0.1) is 0 Å². The second-order valence-electron chi connectivity index (χ2n) is 14.0. The Balaban J connectivity index is 1.21. The summed E-state index contributed by atoms with van der Waals surface area (Å²) >= 11 is 0. The van der Waals surface area contributed by atoms with E-state index >= 15 is 0 Å². The molecule has 1 aromatic rings. The molecule has 2 saturated carbocycles. The third kappa shape index (κ3) is 10.1. The molecule has 0 saturated heterocycles. The maximum absolute atomic E-state index is 2.61. The van der Waals surface area contributed by atoms with Crippen LogP contribution in [0.3, 0.4) is 0 Å². The van der Waals surface area contributed by atoms with E-state index in [1.54, 1.807) is 5.57 Å². The summed E-state index contributed by atoms with van der Waals surface area (Å²) in [6.45, 7) is 4.65. The van der Waals surface area contributed by atoms with Gasteiger partial charge in [0, 0.05) is 5.41 Å². The molecule has 0 heteroatoms. The zero-order chi connectivity index (χ0) is 27.9. The second-order valence-corrected chi connectivity index (χ2v) is 14.0. The summed E-state index contributed by atoms with van der Waals surface area (Å²) in [5, 5.41) is 0. The largest absolute Gasteiger partial charge is 0.0879 e. The monoisotopic (exact) mass is 542 g/mol. The first kappa shape index (κ1) is 31.4. The lowest BCUT2D eigenvalue weighted by atomic mass is 9.68. The third-order valence-electron chi connectivity index (χ3n) is 11.0. The lowest BCUT2D eigenvalue weighted by molar-refractivity contribution is 0.236. The minimum Gasteiger partial charge on any atom is -0.0879 e. The minimum atomic E-state index is 0.203. The highest BCUT2D eigenvalue weighted by Gasteiger charge is 2.32. The van der Waals surface area contributed by atoms with E-state index in [-0.39, 0.29) is 5.41 Å². The Morgan fingerprint density at radius 2 is 1.32 bits per heavy atom. The van der Waals surface area contributed by atoms with E-state index in [9.17, 15) is 0 Å². The number of hydrogen-bond donors (Lipinski definition) is 0. The lowest BCUT2D eigenvalue weighted by Crippen LogP contribution is -2.26. The van der Waals surface area contributed by atoms with Gasteiger partial charge in [-0.25, -0.2) is 0 Å². The molecule has 222 valence electrons. The lowest BCUT2D eigenvalue weighted by Gasteiger charge is -2.36. The molecule has 0 heterocycles. The Morgan fingerprint density at radius 3 is 1.90 bits per heavy atom. The summed E-state index contributed by atoms with van der Waals surface area (Å²) in [6, 6.07) is 11.4. The topological polar surface area (TPSA) is 0 Å². The first-order valence-corrected chi connectivity index (χ1v) is 17.8. The fourth-order valence-electron chi connectivity index (χ4n) is 8.06. The van der Waals surface area contributed by atoms with Gasteiger partial charge in [0.15, 0.2) is 0 Å². The molecule has 3 aliphatic carbocycles. The number of unbranched alkanes of at least 4 members (excludes halogenated alkanes) is 4. The van der Waals surface area contributed by atoms with E-state index in [4.69, 9.17) is 0 Å². The van der Waals surface area contributed by atoms with Crippen molar-refractivity contribution < 1.29 is 0 Å². The van der Waals surface area contributed by atoms with E-state index in [1.807, 2.05) is 0 Å². The van der Waals surface area contributed by atoms with Gasteiger partial charge in [-0.15, -0.1) is 0 Å². The highest BCUT2D eigenvalue weighted by molar-refractivity contribution is 5.39. The molecule has 0 aromatic heterocycles. The van der Waals surface area contributed by atoms with Crippen molar-refractivity contribution in [3.63, 3.8) is 0 Å². The summed E-state index contributed by atoms with van der Waals surface area (Å²) in [5.41, 5.74) is 3.29. The van der Waals surface area contributed by atoms with Gasteiger partial charge < -0.3 is 0 Å². The van der Waals surface area contributed by atoms with Gasteiger partial charge >= 0.3 is 0 Å². The van der Waals surface area contributed by atoms with Crippen LogP contribution in [0.5, 0.6) is 0 Å². The molecule has 2 fully saturated rings. The van der Waals surface area contributed by atoms with Crippen LogP contribution in [0.15, 0.2) is 66.3 Å². The second kappa shape index (κ2) is 17.4. The Bertz CT molecular complexity index is 887. The third-order valence-corrected chi connectivity index (χ3v) is 11.0. The van der Waals surface area contributed by atoms with Crippen molar-refractivity contribution in [1.29, 1.82) is 0 Å². The molecule has 3 aliphatic rings. The molecule has 0 amide bonds. The molecule has 0 nitrogen and oxygen atoms in total. The van der Waals surface area contributed by atoms with Gasteiger partial charge in [-0.3, -0.25) is 0 Å². The fraction of sp³-hybridized carbons (Fsp3) is 0.700. The zero-order valence-electron chi connectivity index (χ0n) is 26.4. The summed E-state index contributed by atoms with van der Waals surface area (Å²) < 4.78 is 0. The van der Waals surface area contributed by atoms with Crippen LogP contribution in [0, 0.1) is 23.7 Å². The Morgan fingerprint density at radius 1 is 0.725 bits per heavy atom. The zero-order valence-corrected chi connectivity index (χ0v) is 26.4. The predicted octanol–water partition coefficient (Wildman–Crippen LogP) is 12.7. The SMILES string of the molecule is CCCCC[C@H]1CC[C@H](C=CCCC2=CCC(CC[C@H]3CC[C@H](CCCCC)CC3)(c3ccccc3)C=C2)CC1. The van der Waals surface area contributed by atoms with Crippen molar-refractivity contribution in [2.24, 2.45) is 23.7 Å². The average molecular weight is 543 g/mol. The van der Waals surface area contributed by atoms with E-state index in [0.717, 1.165) is 23.7 Å². The smallest absolute Gasteiger partial charge is 0.0170 e. The predicted molar refractivity (Wildman–Crippen MR) is 177 cm³/mol. The molecule has 1 atom stereocenters. The molecule has 0 bridgehead atoms. The molecule has 1 aromatic carbocycles. The van der Waals surface area contributed by atoms with E-state index < -0.39 is 0 Å². The van der Waals surface area contributed by atoms with Crippen LogP contribution in [-0.2, 0) is 5.41 Å². The standard InChI is InChI=1S/C40H62/c1-3-5-8-14-34-20-22-36(23-21-34)16-12-13-17-37-28-31-40(32-29-37,39-18-10-7-11-19-39)33-30-38-26-24-35(25-27-38)15-9-6-4-2/h7,10-12,16,18-19,28-29,31,34-36,38H,3-6,8-9,13-15,17,20-27,30,32-33H2,1-2H3/t34-,35-,36-,38-,40?. The summed E-state index contributed by atoms with van der Waals surface area (Å²) in [7, 11) is 0. The molecule has 0 aliphatic heterocycles. The van der Waals surface area contributed by atoms with Gasteiger partial charge in [0.1, 0.15) is 0 Å². The van der Waals surface area contributed by atoms with Crippen LogP contribution in [0.4, 0.5) is 0 Å². The van der Waals surface area contributed by atoms with Gasteiger partial charge in [-0.05, 0) is 87.0 Å². The van der Waals surface area contributed by atoms with Crippen LogP contribution in [0.25, 0.3) is 0 Å². The van der Waals surface area contributed by atoms with E-state index in [0.29, 0.717) is 0 Å². The number of rotatable bonds is 16. The van der Waals surface area contributed by atoms with Crippen LogP contribution < -0.4 is 0 Å². The maximum Gasteiger partial charge on any atom is 0.0170 e. The van der Waals surface area contributed by atoms with Crippen LogP contribution in [0.2, 0.25) is 0 Å². The quantitative estimate of drug-likeness (QED) is 0.144. The first-order valence-electron chi connectivity index (χ1n) is 17.8. The molecular formula is C40H62. The summed E-state index contributed by atoms with van der Waals surface area (Å²) in [5.74, 6) is 3.82. The van der Waals surface area contributed by atoms with Gasteiger partial charge in [0.2, 0.25) is 0 Å². The molecule has 40 heavy (non-hydrogen) atoms. The van der Waals surface area contributed by atoms with Crippen LogP contribution in [0.1, 0.15) is 154 Å². The van der Waals surface area contributed by atoms with Gasteiger partial charge in [-0.1, -0.05) is 157 Å². The van der Waals surface area contributed by atoms with Crippen LogP contribution in [-0.4, -0.2) is 0 Å². The normalized spacial score (nSPS) is 29.1. The fourth-order valence-corrected chi connectivity index (χ4v) is 8.06. The Kier molecular flexibility index (Phi) is 13.7. The van der Waals surface area contributed by atoms with Gasteiger partial charge in [-0.2, -0.15) is 0 Å². The molecule has 1 unspecified atom stereocenters. The first-order chi connectivity index (χ1) is 19.7. The Labute approximate surface area is 249 Å². The van der Waals surface area contributed by atoms with Crippen molar-refractivity contribution >= 4 is 0 Å². The van der Waals surface area contributed by atoms with Crippen molar-refractivity contribution in [1.82, 2.24) is 0 Å². The van der Waals surface area contributed by atoms with E-state index in [2.05, 4.69) is 74.6 Å². The van der Waals surface area contributed by atoms with Crippen LogP contribution >= 0.6 is 0 Å². The molecule has 0 radical (unpaired) electrons. The highest BCUT2D eigenvalue weighted by atomic mass is 14.4. The van der Waals surface area contributed by atoms with Crippen molar-refractivity contribution in [2.75, 3.05) is 0 Å². The average Bonchev–Trinajstić information content (AvgIpc) is 3.01. The molecule has 4 rings (SSSR count). The van der Waals surface area contributed by atoms with E-state index in [1.165, 1.54) is 140 Å². The minimum absolute atomic E-state index is 0.203.